The fourth-order valence-corrected chi connectivity index (χ4v) is 4.65. The topological polar surface area (TPSA) is 118 Å². The molecule has 4 rings (SSSR count). The highest BCUT2D eigenvalue weighted by atomic mass is 16.7. The van der Waals surface area contributed by atoms with E-state index in [0.717, 1.165) is 36.8 Å². The first-order valence-corrected chi connectivity index (χ1v) is 12.0. The Kier molecular flexibility index (Phi) is 7.29. The van der Waals surface area contributed by atoms with E-state index in [1.807, 2.05) is 33.8 Å². The molecule has 0 unspecified atom stereocenters. The highest BCUT2D eigenvalue weighted by molar-refractivity contribution is 6.64. The summed E-state index contributed by atoms with van der Waals surface area (Å²) >= 11 is 0. The van der Waals surface area contributed by atoms with Gasteiger partial charge in [-0.15, -0.1) is 0 Å². The summed E-state index contributed by atoms with van der Waals surface area (Å²) in [4.78, 5) is 21.7. The van der Waals surface area contributed by atoms with Gasteiger partial charge < -0.3 is 24.7 Å². The van der Waals surface area contributed by atoms with Gasteiger partial charge in [0.1, 0.15) is 5.82 Å². The quantitative estimate of drug-likeness (QED) is 0.475. The molecule has 35 heavy (non-hydrogen) atoms. The molecule has 0 radical (unpaired) electrons. The molecule has 2 N–H and O–H groups in total. The Hall–Kier alpha value is -3.16. The Morgan fingerprint density at radius 2 is 2.03 bits per heavy atom. The molecule has 2 heterocycles. The van der Waals surface area contributed by atoms with E-state index in [9.17, 15) is 10.1 Å². The highest BCUT2D eigenvalue weighted by Gasteiger charge is 2.41. The van der Waals surface area contributed by atoms with Crippen molar-refractivity contribution in [2.75, 3.05) is 24.4 Å². The number of carbonyl (C=O) groups is 1. The fourth-order valence-electron chi connectivity index (χ4n) is 4.65. The van der Waals surface area contributed by atoms with Crippen LogP contribution in [0.25, 0.3) is 0 Å². The molecule has 1 saturated heterocycles. The van der Waals surface area contributed by atoms with Gasteiger partial charge in [0.2, 0.25) is 5.95 Å². The van der Waals surface area contributed by atoms with Crippen molar-refractivity contribution in [2.24, 2.45) is 5.92 Å². The van der Waals surface area contributed by atoms with Crippen LogP contribution >= 0.6 is 0 Å². The van der Waals surface area contributed by atoms with Gasteiger partial charge in [-0.2, -0.15) is 10.2 Å². The normalized spacial score (nSPS) is 21.3. The third-order valence-electron chi connectivity index (χ3n) is 6.52. The number of ether oxygens (including phenoxy) is 1. The molecular weight excluding hydrogens is 445 g/mol. The lowest BCUT2D eigenvalue weighted by molar-refractivity contribution is 0.0601. The van der Waals surface area contributed by atoms with Crippen molar-refractivity contribution >= 4 is 36.0 Å². The van der Waals surface area contributed by atoms with Crippen molar-refractivity contribution in [3.8, 4) is 6.07 Å². The number of anilines is 3. The molecule has 10 heteroatoms. The molecule has 1 aromatic carbocycles. The zero-order valence-corrected chi connectivity index (χ0v) is 21.0. The second kappa shape index (κ2) is 10.2. The van der Waals surface area contributed by atoms with E-state index in [0.29, 0.717) is 35.1 Å². The SMILES string of the molecule is COC(=O)c1cc(Nc2ncc(C)c(N[C@@H]3CCCC[C@H]3C#N)n2)cc(C)c1B1OCC(C)(C)O1. The highest BCUT2D eigenvalue weighted by Crippen LogP contribution is 2.28. The predicted octanol–water partition coefficient (Wildman–Crippen LogP) is 3.64. The number of aromatic nitrogens is 2. The summed E-state index contributed by atoms with van der Waals surface area (Å²) in [6.45, 7) is 8.16. The number of rotatable bonds is 6. The summed E-state index contributed by atoms with van der Waals surface area (Å²) in [5.41, 5.74) is 2.94. The Labute approximate surface area is 206 Å². The van der Waals surface area contributed by atoms with Gasteiger partial charge >= 0.3 is 13.1 Å². The van der Waals surface area contributed by atoms with Crippen LogP contribution in [0.1, 0.15) is 61.0 Å². The lowest BCUT2D eigenvalue weighted by Crippen LogP contribution is -2.40. The maximum atomic E-state index is 12.7. The number of nitrogens with one attached hydrogen (secondary N) is 2. The molecule has 2 fully saturated rings. The van der Waals surface area contributed by atoms with Crippen LogP contribution in [0.4, 0.5) is 17.5 Å². The Balaban J connectivity index is 1.60. The molecule has 1 aromatic heterocycles. The van der Waals surface area contributed by atoms with Gasteiger partial charge in [0, 0.05) is 23.5 Å². The second-order valence-electron chi connectivity index (χ2n) is 9.89. The van der Waals surface area contributed by atoms with E-state index in [-0.39, 0.29) is 12.0 Å². The van der Waals surface area contributed by atoms with Crippen molar-refractivity contribution in [3.63, 3.8) is 0 Å². The summed E-state index contributed by atoms with van der Waals surface area (Å²) in [6, 6.07) is 6.10. The Morgan fingerprint density at radius 3 is 2.71 bits per heavy atom. The smallest absolute Gasteiger partial charge is 0.465 e. The van der Waals surface area contributed by atoms with E-state index in [1.165, 1.54) is 7.11 Å². The van der Waals surface area contributed by atoms with Crippen molar-refractivity contribution in [1.82, 2.24) is 9.97 Å². The van der Waals surface area contributed by atoms with Gasteiger partial charge in [-0.1, -0.05) is 12.8 Å². The van der Waals surface area contributed by atoms with E-state index >= 15 is 0 Å². The summed E-state index contributed by atoms with van der Waals surface area (Å²) in [7, 11) is 0.700. The third-order valence-corrected chi connectivity index (χ3v) is 6.52. The summed E-state index contributed by atoms with van der Waals surface area (Å²) in [5, 5.41) is 16.2. The van der Waals surface area contributed by atoms with E-state index in [2.05, 4.69) is 26.7 Å². The van der Waals surface area contributed by atoms with Crippen molar-refractivity contribution in [3.05, 3.63) is 35.0 Å². The monoisotopic (exact) mass is 477 g/mol. The minimum Gasteiger partial charge on any atom is -0.465 e. The molecule has 1 aliphatic heterocycles. The lowest BCUT2D eigenvalue weighted by atomic mass is 9.73. The summed E-state index contributed by atoms with van der Waals surface area (Å²) in [6.07, 6.45) is 5.76. The number of methoxy groups -OCH3 is 1. The molecule has 0 spiro atoms. The summed E-state index contributed by atoms with van der Waals surface area (Å²) in [5.74, 6) is 0.582. The van der Waals surface area contributed by atoms with Crippen molar-refractivity contribution < 1.29 is 18.8 Å². The zero-order chi connectivity index (χ0) is 25.2. The number of aryl methyl sites for hydroxylation is 2. The van der Waals surface area contributed by atoms with Crippen LogP contribution in [0.5, 0.6) is 0 Å². The molecule has 1 saturated carbocycles. The first-order chi connectivity index (χ1) is 16.7. The molecule has 0 bridgehead atoms. The number of carbonyl (C=O) groups excluding carboxylic acids is 1. The standard InChI is InChI=1S/C25H32BN5O4/c1-15-10-18(11-19(23(32)33-5)21(15)26-34-14-25(3,4)35-26)29-24-28-13-16(2)22(31-24)30-20-9-7-6-8-17(20)12-27/h10-11,13,17,20H,6-9,14H2,1-5H3,(H2,28,29,30,31)/t17-,20+/m0/s1. The van der Waals surface area contributed by atoms with E-state index in [1.54, 1.807) is 12.3 Å². The Morgan fingerprint density at radius 1 is 1.26 bits per heavy atom. The zero-order valence-electron chi connectivity index (χ0n) is 21.0. The molecule has 9 nitrogen and oxygen atoms in total. The largest absolute Gasteiger partial charge is 0.495 e. The second-order valence-corrected chi connectivity index (χ2v) is 9.89. The Bertz CT molecular complexity index is 1150. The van der Waals surface area contributed by atoms with Gasteiger partial charge in [-0.05, 0) is 63.7 Å². The van der Waals surface area contributed by atoms with E-state index in [4.69, 9.17) is 14.0 Å². The van der Waals surface area contributed by atoms with Crippen LogP contribution in [0.3, 0.4) is 0 Å². The number of nitriles is 1. The first kappa shape index (κ1) is 25.0. The maximum absolute atomic E-state index is 12.7. The number of esters is 1. The first-order valence-electron chi connectivity index (χ1n) is 12.0. The van der Waals surface area contributed by atoms with Gasteiger partial charge in [0.05, 0.1) is 36.9 Å². The van der Waals surface area contributed by atoms with Gasteiger partial charge in [0.25, 0.3) is 0 Å². The predicted molar refractivity (Wildman–Crippen MR) is 134 cm³/mol. The van der Waals surface area contributed by atoms with Crippen LogP contribution in [-0.4, -0.2) is 48.4 Å². The van der Waals surface area contributed by atoms with Crippen LogP contribution in [0, 0.1) is 31.1 Å². The van der Waals surface area contributed by atoms with Gasteiger partial charge in [-0.25, -0.2) is 9.78 Å². The molecule has 1 aliphatic carbocycles. The average molecular weight is 477 g/mol. The van der Waals surface area contributed by atoms with Crippen molar-refractivity contribution in [1.29, 1.82) is 5.26 Å². The van der Waals surface area contributed by atoms with Crippen LogP contribution < -0.4 is 16.1 Å². The minimum atomic E-state index is -0.650. The number of benzene rings is 1. The third kappa shape index (κ3) is 5.58. The van der Waals surface area contributed by atoms with Crippen LogP contribution in [0.2, 0.25) is 0 Å². The molecule has 2 aromatic rings. The number of nitrogens with zero attached hydrogens (tertiary/aromatic N) is 3. The molecular formula is C25H32BN5O4. The lowest BCUT2D eigenvalue weighted by Gasteiger charge is -2.28. The van der Waals surface area contributed by atoms with Crippen LogP contribution in [0.15, 0.2) is 18.3 Å². The summed E-state index contributed by atoms with van der Waals surface area (Å²) < 4.78 is 16.9. The fraction of sp³-hybridized carbons (Fsp3) is 0.520. The minimum absolute atomic E-state index is 0.0302. The van der Waals surface area contributed by atoms with E-state index < -0.39 is 18.7 Å². The molecule has 184 valence electrons. The van der Waals surface area contributed by atoms with Gasteiger partial charge in [-0.3, -0.25) is 0 Å². The van der Waals surface area contributed by atoms with Gasteiger partial charge in [0.15, 0.2) is 0 Å². The molecule has 2 atom stereocenters. The molecule has 0 amide bonds. The van der Waals surface area contributed by atoms with Crippen molar-refractivity contribution in [2.45, 2.75) is 65.0 Å². The number of hydrogen-bond acceptors (Lipinski definition) is 9. The number of hydrogen-bond donors (Lipinski definition) is 2. The molecule has 2 aliphatic rings. The maximum Gasteiger partial charge on any atom is 0.495 e. The average Bonchev–Trinajstić information content (AvgIpc) is 3.19. The van der Waals surface area contributed by atoms with Crippen LogP contribution in [-0.2, 0) is 14.0 Å².